The molecule has 0 aliphatic rings. The maximum atomic E-state index is 11.4. The number of amides is 1. The highest BCUT2D eigenvalue weighted by Gasteiger charge is 2.06. The van der Waals surface area contributed by atoms with Gasteiger partial charge in [-0.25, -0.2) is 0 Å². The van der Waals surface area contributed by atoms with Crippen LogP contribution in [0, 0.1) is 0 Å². The Hall–Kier alpha value is -0.710. The van der Waals surface area contributed by atoms with E-state index in [-0.39, 0.29) is 18.6 Å². The molecule has 1 aromatic rings. The van der Waals surface area contributed by atoms with Crippen LogP contribution in [0.5, 0.6) is 0 Å². The van der Waals surface area contributed by atoms with Crippen LogP contribution >= 0.6 is 23.4 Å². The quantitative estimate of drug-likeness (QED) is 0.834. The molecule has 17 heavy (non-hydrogen) atoms. The zero-order valence-corrected chi connectivity index (χ0v) is 11.2. The molecule has 94 valence electrons. The van der Waals surface area contributed by atoms with Crippen molar-refractivity contribution in [3.8, 4) is 0 Å². The minimum absolute atomic E-state index is 0.0370. The molecule has 1 rings (SSSR count). The Kier molecular flexibility index (Phi) is 6.40. The van der Waals surface area contributed by atoms with Crippen LogP contribution in [-0.4, -0.2) is 29.4 Å². The van der Waals surface area contributed by atoms with Gasteiger partial charge in [-0.2, -0.15) is 0 Å². The summed E-state index contributed by atoms with van der Waals surface area (Å²) in [6, 6.07) is 7.40. The van der Waals surface area contributed by atoms with Gasteiger partial charge in [-0.3, -0.25) is 4.79 Å². The van der Waals surface area contributed by atoms with Gasteiger partial charge in [0.25, 0.3) is 0 Å². The van der Waals surface area contributed by atoms with Crippen LogP contribution in [0.25, 0.3) is 0 Å². The van der Waals surface area contributed by atoms with Gasteiger partial charge in [0.15, 0.2) is 0 Å². The van der Waals surface area contributed by atoms with E-state index >= 15 is 0 Å². The summed E-state index contributed by atoms with van der Waals surface area (Å²) in [5, 5.41) is 12.2. The van der Waals surface area contributed by atoms with Crippen molar-refractivity contribution in [1.82, 2.24) is 5.32 Å². The topological polar surface area (TPSA) is 49.3 Å². The molecule has 2 N–H and O–H groups in total. The molecule has 0 aliphatic heterocycles. The van der Waals surface area contributed by atoms with Gasteiger partial charge in [0.2, 0.25) is 5.91 Å². The molecule has 1 atom stereocenters. The zero-order valence-electron chi connectivity index (χ0n) is 9.65. The summed E-state index contributed by atoms with van der Waals surface area (Å²) in [4.78, 5) is 11.4. The second-order valence-electron chi connectivity index (χ2n) is 3.77. The zero-order chi connectivity index (χ0) is 12.7. The minimum Gasteiger partial charge on any atom is -0.394 e. The van der Waals surface area contributed by atoms with Gasteiger partial charge in [-0.1, -0.05) is 23.7 Å². The van der Waals surface area contributed by atoms with Crippen molar-refractivity contribution >= 4 is 29.3 Å². The largest absolute Gasteiger partial charge is 0.394 e. The summed E-state index contributed by atoms with van der Waals surface area (Å²) in [6.45, 7) is 1.73. The van der Waals surface area contributed by atoms with Gasteiger partial charge in [-0.05, 0) is 24.6 Å². The van der Waals surface area contributed by atoms with E-state index in [1.165, 1.54) is 11.8 Å². The smallest absolute Gasteiger partial charge is 0.230 e. The van der Waals surface area contributed by atoms with E-state index < -0.39 is 0 Å². The summed E-state index contributed by atoms with van der Waals surface area (Å²) >= 11 is 7.38. The number of thioether (sulfide) groups is 1. The summed E-state index contributed by atoms with van der Waals surface area (Å²) in [5.74, 6) is 1.08. The van der Waals surface area contributed by atoms with Crippen LogP contribution < -0.4 is 5.32 Å². The minimum atomic E-state index is -0.186. The van der Waals surface area contributed by atoms with Crippen LogP contribution in [0.4, 0.5) is 0 Å². The molecule has 0 aromatic heterocycles. The normalized spacial score (nSPS) is 12.2. The van der Waals surface area contributed by atoms with Gasteiger partial charge in [0, 0.05) is 16.8 Å². The van der Waals surface area contributed by atoms with E-state index in [1.807, 2.05) is 24.3 Å². The molecular weight excluding hydrogens is 258 g/mol. The van der Waals surface area contributed by atoms with Crippen molar-refractivity contribution in [1.29, 1.82) is 0 Å². The Balaban J connectivity index is 2.26. The molecule has 0 saturated carbocycles. The number of hydrogen-bond donors (Lipinski definition) is 2. The lowest BCUT2D eigenvalue weighted by molar-refractivity contribution is -0.119. The number of aliphatic hydroxyl groups is 1. The molecule has 0 radical (unpaired) electrons. The molecule has 0 saturated heterocycles. The van der Waals surface area contributed by atoms with E-state index in [2.05, 4.69) is 5.32 Å². The van der Waals surface area contributed by atoms with Crippen LogP contribution in [-0.2, 0) is 10.5 Å². The van der Waals surface area contributed by atoms with Crippen molar-refractivity contribution in [3.63, 3.8) is 0 Å². The van der Waals surface area contributed by atoms with Crippen molar-refractivity contribution in [2.45, 2.75) is 18.7 Å². The maximum absolute atomic E-state index is 11.4. The van der Waals surface area contributed by atoms with Crippen molar-refractivity contribution in [2.75, 3.05) is 12.4 Å². The van der Waals surface area contributed by atoms with Gasteiger partial charge >= 0.3 is 0 Å². The van der Waals surface area contributed by atoms with Gasteiger partial charge < -0.3 is 10.4 Å². The SMILES string of the molecule is C[C@H](CO)NC(=O)CSCc1cccc(Cl)c1. The number of hydrogen-bond acceptors (Lipinski definition) is 3. The predicted octanol–water partition coefficient (Wildman–Crippen LogP) is 2.07. The van der Waals surface area contributed by atoms with E-state index in [4.69, 9.17) is 16.7 Å². The van der Waals surface area contributed by atoms with E-state index in [9.17, 15) is 4.79 Å². The first-order valence-corrected chi connectivity index (χ1v) is 6.87. The van der Waals surface area contributed by atoms with Gasteiger partial charge in [0.05, 0.1) is 12.4 Å². The Bertz CT molecular complexity index is 373. The highest BCUT2D eigenvalue weighted by Crippen LogP contribution is 2.16. The lowest BCUT2D eigenvalue weighted by atomic mass is 10.2. The molecule has 1 amide bonds. The summed E-state index contributed by atoms with van der Waals surface area (Å²) in [5.41, 5.74) is 1.10. The molecule has 0 spiro atoms. The maximum Gasteiger partial charge on any atom is 0.230 e. The van der Waals surface area contributed by atoms with Crippen molar-refractivity contribution < 1.29 is 9.90 Å². The third-order valence-electron chi connectivity index (χ3n) is 2.07. The van der Waals surface area contributed by atoms with E-state index in [0.717, 1.165) is 11.3 Å². The van der Waals surface area contributed by atoms with E-state index in [0.29, 0.717) is 10.8 Å². The fraction of sp³-hybridized carbons (Fsp3) is 0.417. The Morgan fingerprint density at radius 3 is 3.00 bits per heavy atom. The van der Waals surface area contributed by atoms with Crippen LogP contribution in [0.1, 0.15) is 12.5 Å². The first-order valence-electron chi connectivity index (χ1n) is 5.34. The Morgan fingerprint density at radius 1 is 1.59 bits per heavy atom. The highest BCUT2D eigenvalue weighted by atomic mass is 35.5. The second-order valence-corrected chi connectivity index (χ2v) is 5.20. The molecule has 0 unspecified atom stereocenters. The number of aliphatic hydroxyl groups excluding tert-OH is 1. The predicted molar refractivity (Wildman–Crippen MR) is 72.3 cm³/mol. The first kappa shape index (κ1) is 14.4. The number of carbonyl (C=O) groups is 1. The Morgan fingerprint density at radius 2 is 2.35 bits per heavy atom. The number of carbonyl (C=O) groups excluding carboxylic acids is 1. The van der Waals surface area contributed by atoms with Crippen molar-refractivity contribution in [3.05, 3.63) is 34.9 Å². The van der Waals surface area contributed by atoms with E-state index in [1.54, 1.807) is 6.92 Å². The summed E-state index contributed by atoms with van der Waals surface area (Å²) in [6.07, 6.45) is 0. The average Bonchev–Trinajstić information content (AvgIpc) is 2.29. The fourth-order valence-electron chi connectivity index (χ4n) is 1.25. The van der Waals surface area contributed by atoms with Crippen LogP contribution in [0.2, 0.25) is 5.02 Å². The number of benzene rings is 1. The molecule has 1 aromatic carbocycles. The third-order valence-corrected chi connectivity index (χ3v) is 3.31. The Labute approximate surface area is 111 Å². The van der Waals surface area contributed by atoms with Crippen LogP contribution in [0.15, 0.2) is 24.3 Å². The summed E-state index contributed by atoms with van der Waals surface area (Å²) in [7, 11) is 0. The fourth-order valence-corrected chi connectivity index (χ4v) is 2.25. The molecule has 0 aliphatic carbocycles. The standard InChI is InChI=1S/C12H16ClNO2S/c1-9(6-15)14-12(16)8-17-7-10-3-2-4-11(13)5-10/h2-5,9,15H,6-8H2,1H3,(H,14,16)/t9-/m1/s1. The van der Waals surface area contributed by atoms with Gasteiger partial charge in [-0.15, -0.1) is 11.8 Å². The molecule has 0 heterocycles. The van der Waals surface area contributed by atoms with Gasteiger partial charge in [0.1, 0.15) is 0 Å². The first-order chi connectivity index (χ1) is 8.11. The number of halogens is 1. The van der Waals surface area contributed by atoms with Crippen molar-refractivity contribution in [2.24, 2.45) is 0 Å². The highest BCUT2D eigenvalue weighted by molar-refractivity contribution is 7.99. The number of nitrogens with one attached hydrogen (secondary N) is 1. The molecule has 5 heteroatoms. The average molecular weight is 274 g/mol. The second kappa shape index (κ2) is 7.58. The molecule has 0 bridgehead atoms. The monoisotopic (exact) mass is 273 g/mol. The number of rotatable bonds is 6. The third kappa shape index (κ3) is 5.96. The van der Waals surface area contributed by atoms with Crippen LogP contribution in [0.3, 0.4) is 0 Å². The summed E-state index contributed by atoms with van der Waals surface area (Å²) < 4.78 is 0. The molecular formula is C12H16ClNO2S. The lowest BCUT2D eigenvalue weighted by Crippen LogP contribution is -2.36. The molecule has 0 fully saturated rings. The lowest BCUT2D eigenvalue weighted by Gasteiger charge is -2.10. The molecule has 3 nitrogen and oxygen atoms in total.